The molecule has 0 bridgehead atoms. The first-order valence-electron chi connectivity index (χ1n) is 4.08. The van der Waals surface area contributed by atoms with Crippen LogP contribution in [0.15, 0.2) is 18.2 Å². The van der Waals surface area contributed by atoms with Gasteiger partial charge in [0, 0.05) is 10.4 Å². The van der Waals surface area contributed by atoms with Crippen molar-refractivity contribution in [2.75, 3.05) is 7.11 Å². The number of carbonyl (C=O) groups is 1. The molecule has 0 aliphatic rings. The van der Waals surface area contributed by atoms with E-state index in [1.165, 1.54) is 13.2 Å². The molecule has 76 valence electrons. The highest BCUT2D eigenvalue weighted by molar-refractivity contribution is 9.09. The molecule has 2 nitrogen and oxygen atoms in total. The number of carbonyl (C=O) groups excluding carboxylic acids is 1. The van der Waals surface area contributed by atoms with Gasteiger partial charge in [0.2, 0.25) is 0 Å². The molecule has 0 aromatic heterocycles. The van der Waals surface area contributed by atoms with Crippen LogP contribution < -0.4 is 0 Å². The average molecular weight is 261 g/mol. The first-order valence-corrected chi connectivity index (χ1v) is 4.99. The summed E-state index contributed by atoms with van der Waals surface area (Å²) in [5, 5.41) is 0. The predicted molar refractivity (Wildman–Crippen MR) is 55.1 cm³/mol. The minimum atomic E-state index is -0.530. The van der Waals surface area contributed by atoms with E-state index in [2.05, 4.69) is 20.7 Å². The SMILES string of the molecule is COC(=O)c1ccc(C(C)Br)c(F)c1. The van der Waals surface area contributed by atoms with Gasteiger partial charge in [-0.1, -0.05) is 22.0 Å². The van der Waals surface area contributed by atoms with Gasteiger partial charge in [-0.25, -0.2) is 9.18 Å². The summed E-state index contributed by atoms with van der Waals surface area (Å²) in [6, 6.07) is 4.29. The summed E-state index contributed by atoms with van der Waals surface area (Å²) in [5.41, 5.74) is 0.750. The Bertz CT molecular complexity index is 350. The van der Waals surface area contributed by atoms with E-state index in [9.17, 15) is 9.18 Å². The van der Waals surface area contributed by atoms with Gasteiger partial charge >= 0.3 is 5.97 Å². The monoisotopic (exact) mass is 260 g/mol. The zero-order valence-corrected chi connectivity index (χ0v) is 9.47. The molecule has 14 heavy (non-hydrogen) atoms. The van der Waals surface area contributed by atoms with Crippen molar-refractivity contribution in [2.24, 2.45) is 0 Å². The van der Waals surface area contributed by atoms with Gasteiger partial charge in [0.25, 0.3) is 0 Å². The minimum absolute atomic E-state index is 0.0748. The number of hydrogen-bond donors (Lipinski definition) is 0. The smallest absolute Gasteiger partial charge is 0.337 e. The molecule has 0 N–H and O–H groups in total. The van der Waals surface area contributed by atoms with E-state index >= 15 is 0 Å². The Morgan fingerprint density at radius 1 is 1.57 bits per heavy atom. The second-order valence-electron chi connectivity index (χ2n) is 2.84. The predicted octanol–water partition coefficient (Wildman–Crippen LogP) is 3.07. The number of ether oxygens (including phenoxy) is 1. The molecule has 0 radical (unpaired) electrons. The molecule has 4 heteroatoms. The summed E-state index contributed by atoms with van der Waals surface area (Å²) in [4.78, 5) is 11.0. The summed E-state index contributed by atoms with van der Waals surface area (Å²) in [7, 11) is 1.27. The number of alkyl halides is 1. The van der Waals surface area contributed by atoms with Crippen LogP contribution in [-0.4, -0.2) is 13.1 Å². The Kier molecular flexibility index (Phi) is 3.63. The van der Waals surface area contributed by atoms with Crippen molar-refractivity contribution in [3.63, 3.8) is 0 Å². The van der Waals surface area contributed by atoms with Crippen molar-refractivity contribution >= 4 is 21.9 Å². The molecule has 1 rings (SSSR count). The van der Waals surface area contributed by atoms with E-state index in [0.717, 1.165) is 0 Å². The Morgan fingerprint density at radius 2 is 2.21 bits per heavy atom. The van der Waals surface area contributed by atoms with E-state index in [1.807, 2.05) is 6.92 Å². The lowest BCUT2D eigenvalue weighted by molar-refractivity contribution is 0.0600. The molecular weight excluding hydrogens is 251 g/mol. The van der Waals surface area contributed by atoms with Crippen LogP contribution in [0.1, 0.15) is 27.7 Å². The van der Waals surface area contributed by atoms with Gasteiger partial charge in [0.05, 0.1) is 12.7 Å². The van der Waals surface area contributed by atoms with Crippen LogP contribution in [0.5, 0.6) is 0 Å². The first-order chi connectivity index (χ1) is 6.56. The Labute approximate surface area is 90.2 Å². The zero-order chi connectivity index (χ0) is 10.7. The van der Waals surface area contributed by atoms with Gasteiger partial charge < -0.3 is 4.74 Å². The lowest BCUT2D eigenvalue weighted by atomic mass is 10.1. The third-order valence-corrected chi connectivity index (χ3v) is 2.34. The third-order valence-electron chi connectivity index (χ3n) is 1.85. The van der Waals surface area contributed by atoms with Crippen LogP contribution in [-0.2, 0) is 4.74 Å². The van der Waals surface area contributed by atoms with Gasteiger partial charge in [-0.05, 0) is 19.1 Å². The van der Waals surface area contributed by atoms with Gasteiger partial charge in [-0.2, -0.15) is 0 Å². The number of esters is 1. The maximum Gasteiger partial charge on any atom is 0.337 e. The number of halogens is 2. The second-order valence-corrected chi connectivity index (χ2v) is 4.22. The van der Waals surface area contributed by atoms with E-state index in [4.69, 9.17) is 0 Å². The Balaban J connectivity index is 3.06. The van der Waals surface area contributed by atoms with Crippen molar-refractivity contribution in [3.8, 4) is 0 Å². The van der Waals surface area contributed by atoms with Gasteiger partial charge in [0.1, 0.15) is 5.82 Å². The van der Waals surface area contributed by atoms with E-state index in [1.54, 1.807) is 12.1 Å². The van der Waals surface area contributed by atoms with Crippen LogP contribution in [0.4, 0.5) is 4.39 Å². The molecule has 0 aliphatic heterocycles. The highest BCUT2D eigenvalue weighted by Gasteiger charge is 2.12. The third kappa shape index (κ3) is 2.32. The lowest BCUT2D eigenvalue weighted by Gasteiger charge is -2.06. The zero-order valence-electron chi connectivity index (χ0n) is 7.88. The molecule has 1 unspecified atom stereocenters. The van der Waals surface area contributed by atoms with Crippen LogP contribution in [0.2, 0.25) is 0 Å². The maximum absolute atomic E-state index is 13.4. The normalized spacial score (nSPS) is 12.3. The van der Waals surface area contributed by atoms with E-state index in [0.29, 0.717) is 5.56 Å². The van der Waals surface area contributed by atoms with Crippen LogP contribution in [0.25, 0.3) is 0 Å². The highest BCUT2D eigenvalue weighted by Crippen LogP contribution is 2.25. The lowest BCUT2D eigenvalue weighted by Crippen LogP contribution is -2.03. The molecule has 0 amide bonds. The topological polar surface area (TPSA) is 26.3 Å². The average Bonchev–Trinajstić information content (AvgIpc) is 2.15. The second kappa shape index (κ2) is 4.55. The Morgan fingerprint density at radius 3 is 2.64 bits per heavy atom. The fourth-order valence-corrected chi connectivity index (χ4v) is 1.47. The van der Waals surface area contributed by atoms with Crippen LogP contribution in [0, 0.1) is 5.82 Å². The summed E-state index contributed by atoms with van der Waals surface area (Å²) < 4.78 is 17.8. The van der Waals surface area contributed by atoms with Crippen molar-refractivity contribution in [3.05, 3.63) is 35.1 Å². The van der Waals surface area contributed by atoms with E-state index in [-0.39, 0.29) is 10.4 Å². The van der Waals surface area contributed by atoms with Gasteiger partial charge in [-0.3, -0.25) is 0 Å². The summed E-state index contributed by atoms with van der Waals surface area (Å²) in [6.45, 7) is 1.82. The van der Waals surface area contributed by atoms with Crippen molar-refractivity contribution < 1.29 is 13.9 Å². The fraction of sp³-hybridized carbons (Fsp3) is 0.300. The number of benzene rings is 1. The molecule has 0 heterocycles. The van der Waals surface area contributed by atoms with Crippen molar-refractivity contribution in [2.45, 2.75) is 11.8 Å². The molecule has 0 saturated carbocycles. The highest BCUT2D eigenvalue weighted by atomic mass is 79.9. The maximum atomic E-state index is 13.4. The number of methoxy groups -OCH3 is 1. The Hall–Kier alpha value is -0.900. The van der Waals surface area contributed by atoms with Crippen molar-refractivity contribution in [1.29, 1.82) is 0 Å². The molecule has 0 spiro atoms. The van der Waals surface area contributed by atoms with Crippen LogP contribution >= 0.6 is 15.9 Å². The molecular formula is C10H10BrFO2. The molecule has 1 atom stereocenters. The van der Waals surface area contributed by atoms with Gasteiger partial charge in [0.15, 0.2) is 0 Å². The number of rotatable bonds is 2. The fourth-order valence-electron chi connectivity index (χ4n) is 1.09. The van der Waals surface area contributed by atoms with Gasteiger partial charge in [-0.15, -0.1) is 0 Å². The molecule has 0 saturated heterocycles. The van der Waals surface area contributed by atoms with E-state index < -0.39 is 11.8 Å². The largest absolute Gasteiger partial charge is 0.465 e. The van der Waals surface area contributed by atoms with Crippen LogP contribution in [0.3, 0.4) is 0 Å². The quantitative estimate of drug-likeness (QED) is 0.604. The summed E-state index contributed by atoms with van der Waals surface area (Å²) >= 11 is 3.26. The number of hydrogen-bond acceptors (Lipinski definition) is 2. The molecule has 0 aliphatic carbocycles. The molecule has 1 aromatic carbocycles. The summed E-state index contributed by atoms with van der Waals surface area (Å²) in [5.74, 6) is -0.935. The first kappa shape index (κ1) is 11.2. The standard InChI is InChI=1S/C10H10BrFO2/c1-6(11)8-4-3-7(5-9(8)12)10(13)14-2/h3-6H,1-2H3. The molecule has 1 aromatic rings. The summed E-state index contributed by atoms with van der Waals surface area (Å²) in [6.07, 6.45) is 0. The van der Waals surface area contributed by atoms with Crippen molar-refractivity contribution in [1.82, 2.24) is 0 Å². The minimum Gasteiger partial charge on any atom is -0.465 e. The molecule has 0 fully saturated rings.